The van der Waals surface area contributed by atoms with Crippen LogP contribution in [0.2, 0.25) is 0 Å². The van der Waals surface area contributed by atoms with Gasteiger partial charge in [0.15, 0.2) is 0 Å². The first-order valence-electron chi connectivity index (χ1n) is 11.3. The molecule has 2 heterocycles. The first-order chi connectivity index (χ1) is 13.0. The van der Waals surface area contributed by atoms with E-state index in [4.69, 9.17) is 14.2 Å². The van der Waals surface area contributed by atoms with E-state index in [1.54, 1.807) is 0 Å². The summed E-state index contributed by atoms with van der Waals surface area (Å²) in [5.41, 5.74) is -0.0963. The maximum absolute atomic E-state index is 6.26. The number of morpholine rings is 1. The molecule has 2 aliphatic rings. The summed E-state index contributed by atoms with van der Waals surface area (Å²) in [7, 11) is 0. The Morgan fingerprint density at radius 2 is 1.57 bits per heavy atom. The molecule has 2 rings (SSSR count). The van der Waals surface area contributed by atoms with E-state index in [1.165, 1.54) is 25.9 Å². The van der Waals surface area contributed by atoms with Crippen molar-refractivity contribution in [1.29, 1.82) is 0 Å². The summed E-state index contributed by atoms with van der Waals surface area (Å²) in [6.45, 7) is 23.4. The van der Waals surface area contributed by atoms with Gasteiger partial charge in [-0.2, -0.15) is 0 Å². The molecule has 166 valence electrons. The zero-order chi connectivity index (χ0) is 20.8. The van der Waals surface area contributed by atoms with Crippen molar-refractivity contribution in [2.45, 2.75) is 97.0 Å². The number of nitrogens with zero attached hydrogens (tertiary/aromatic N) is 2. The number of hydrogen-bond donors (Lipinski definition) is 0. The maximum atomic E-state index is 6.26. The van der Waals surface area contributed by atoms with Crippen LogP contribution in [0.1, 0.15) is 74.1 Å². The maximum Gasteiger partial charge on any atom is 0.0730 e. The van der Waals surface area contributed by atoms with E-state index in [0.29, 0.717) is 0 Å². The molecule has 5 nitrogen and oxygen atoms in total. The summed E-state index contributed by atoms with van der Waals surface area (Å²) in [6.07, 6.45) is 4.89. The van der Waals surface area contributed by atoms with Crippen LogP contribution in [-0.2, 0) is 14.2 Å². The van der Waals surface area contributed by atoms with Crippen LogP contribution in [0.25, 0.3) is 0 Å². The van der Waals surface area contributed by atoms with E-state index in [9.17, 15) is 0 Å². The fraction of sp³-hybridized carbons (Fsp3) is 1.00. The first kappa shape index (κ1) is 24.1. The van der Waals surface area contributed by atoms with Crippen LogP contribution >= 0.6 is 0 Å². The average molecular weight is 399 g/mol. The van der Waals surface area contributed by atoms with Gasteiger partial charge in [-0.3, -0.25) is 4.90 Å². The van der Waals surface area contributed by atoms with Gasteiger partial charge in [-0.05, 0) is 80.8 Å². The van der Waals surface area contributed by atoms with E-state index in [0.717, 1.165) is 52.3 Å². The zero-order valence-electron chi connectivity index (χ0n) is 19.7. The molecule has 0 aromatic carbocycles. The lowest BCUT2D eigenvalue weighted by Gasteiger charge is -2.45. The minimum atomic E-state index is -0.146. The van der Waals surface area contributed by atoms with Gasteiger partial charge in [0.25, 0.3) is 0 Å². The van der Waals surface area contributed by atoms with Gasteiger partial charge in [0, 0.05) is 38.2 Å². The molecule has 0 bridgehead atoms. The van der Waals surface area contributed by atoms with Crippen molar-refractivity contribution in [3.05, 3.63) is 0 Å². The van der Waals surface area contributed by atoms with Gasteiger partial charge >= 0.3 is 0 Å². The zero-order valence-corrected chi connectivity index (χ0v) is 19.7. The predicted molar refractivity (Wildman–Crippen MR) is 116 cm³/mol. The molecule has 0 amide bonds. The second-order valence-electron chi connectivity index (χ2n) is 10.8. The molecule has 0 aromatic heterocycles. The monoisotopic (exact) mass is 398 g/mol. The van der Waals surface area contributed by atoms with Gasteiger partial charge in [0.2, 0.25) is 0 Å². The fourth-order valence-corrected chi connectivity index (χ4v) is 4.22. The van der Waals surface area contributed by atoms with Crippen LogP contribution in [0.5, 0.6) is 0 Å². The van der Waals surface area contributed by atoms with Crippen LogP contribution in [0, 0.1) is 0 Å². The lowest BCUT2D eigenvalue weighted by atomic mass is 9.94. The summed E-state index contributed by atoms with van der Waals surface area (Å²) in [5, 5.41) is 0. The fourth-order valence-electron chi connectivity index (χ4n) is 4.22. The van der Waals surface area contributed by atoms with E-state index in [1.807, 2.05) is 0 Å². The minimum Gasteiger partial charge on any atom is -0.376 e. The lowest BCUT2D eigenvalue weighted by molar-refractivity contribution is -0.113. The summed E-state index contributed by atoms with van der Waals surface area (Å²) in [5.74, 6) is 0. The third-order valence-electron chi connectivity index (χ3n) is 6.06. The van der Waals surface area contributed by atoms with Crippen LogP contribution in [-0.4, -0.2) is 85.2 Å². The molecule has 2 aliphatic heterocycles. The highest BCUT2D eigenvalue weighted by Crippen LogP contribution is 2.27. The van der Waals surface area contributed by atoms with E-state index in [2.05, 4.69) is 58.3 Å². The third-order valence-corrected chi connectivity index (χ3v) is 6.06. The topological polar surface area (TPSA) is 34.2 Å². The molecule has 0 aliphatic carbocycles. The second kappa shape index (κ2) is 10.2. The van der Waals surface area contributed by atoms with Gasteiger partial charge in [0.05, 0.1) is 30.5 Å². The molecule has 1 unspecified atom stereocenters. The highest BCUT2D eigenvalue weighted by Gasteiger charge is 2.34. The van der Waals surface area contributed by atoms with Crippen molar-refractivity contribution in [3.8, 4) is 0 Å². The summed E-state index contributed by atoms with van der Waals surface area (Å²) in [4.78, 5) is 5.09. The van der Waals surface area contributed by atoms with Crippen molar-refractivity contribution in [2.24, 2.45) is 0 Å². The quantitative estimate of drug-likeness (QED) is 0.557. The van der Waals surface area contributed by atoms with Crippen molar-refractivity contribution in [2.75, 3.05) is 52.5 Å². The highest BCUT2D eigenvalue weighted by molar-refractivity contribution is 4.88. The Kier molecular flexibility index (Phi) is 8.78. The first-order valence-corrected chi connectivity index (χ1v) is 11.3. The Hall–Kier alpha value is -0.200. The van der Waals surface area contributed by atoms with E-state index in [-0.39, 0.29) is 22.8 Å². The average Bonchev–Trinajstić information content (AvgIpc) is 3.06. The molecule has 0 radical (unpaired) electrons. The highest BCUT2D eigenvalue weighted by atomic mass is 16.5. The molecular formula is C23H46N2O3. The molecule has 5 heteroatoms. The normalized spacial score (nSPS) is 23.5. The van der Waals surface area contributed by atoms with Crippen molar-refractivity contribution in [3.63, 3.8) is 0 Å². The molecule has 0 saturated carbocycles. The van der Waals surface area contributed by atoms with Crippen LogP contribution < -0.4 is 0 Å². The van der Waals surface area contributed by atoms with Gasteiger partial charge in [-0.1, -0.05) is 0 Å². The predicted octanol–water partition coefficient (Wildman–Crippen LogP) is 3.95. The Morgan fingerprint density at radius 1 is 0.893 bits per heavy atom. The Balaban J connectivity index is 1.75. The Labute approximate surface area is 174 Å². The molecule has 0 N–H and O–H groups in total. The summed E-state index contributed by atoms with van der Waals surface area (Å²) in [6, 6.07) is 0. The standard InChI is InChI=1S/C23H46N2O3/c1-21(2,3)27-15-10-22(4,5)25-14-16-26-20(19-25)18-23(6,7)28-17-13-24-11-8-9-12-24/h20H,8-19H2,1-7H3. The number of hydrogen-bond acceptors (Lipinski definition) is 5. The molecule has 0 aromatic rings. The molecule has 2 fully saturated rings. The summed E-state index contributed by atoms with van der Waals surface area (Å²) < 4.78 is 18.3. The van der Waals surface area contributed by atoms with Crippen molar-refractivity contribution < 1.29 is 14.2 Å². The Bertz CT molecular complexity index is 453. The number of likely N-dealkylation sites (tertiary alicyclic amines) is 1. The van der Waals surface area contributed by atoms with E-state index >= 15 is 0 Å². The molecular weight excluding hydrogens is 352 g/mol. The smallest absolute Gasteiger partial charge is 0.0730 e. The van der Waals surface area contributed by atoms with Gasteiger partial charge in [0.1, 0.15) is 0 Å². The number of ether oxygens (including phenoxy) is 3. The van der Waals surface area contributed by atoms with Crippen LogP contribution in [0.15, 0.2) is 0 Å². The van der Waals surface area contributed by atoms with Gasteiger partial charge in [-0.15, -0.1) is 0 Å². The summed E-state index contributed by atoms with van der Waals surface area (Å²) >= 11 is 0. The van der Waals surface area contributed by atoms with E-state index < -0.39 is 0 Å². The van der Waals surface area contributed by atoms with Gasteiger partial charge in [-0.25, -0.2) is 0 Å². The molecule has 0 spiro atoms. The minimum absolute atomic E-state index is 0.0694. The number of rotatable bonds is 10. The third kappa shape index (κ3) is 8.66. The molecule has 1 atom stereocenters. The van der Waals surface area contributed by atoms with Gasteiger partial charge < -0.3 is 19.1 Å². The molecule has 28 heavy (non-hydrogen) atoms. The van der Waals surface area contributed by atoms with Crippen molar-refractivity contribution >= 4 is 0 Å². The van der Waals surface area contributed by atoms with Crippen LogP contribution in [0.3, 0.4) is 0 Å². The largest absolute Gasteiger partial charge is 0.376 e. The van der Waals surface area contributed by atoms with Crippen molar-refractivity contribution in [1.82, 2.24) is 9.80 Å². The Morgan fingerprint density at radius 3 is 2.21 bits per heavy atom. The molecule has 2 saturated heterocycles. The second-order valence-corrected chi connectivity index (χ2v) is 10.8. The lowest BCUT2D eigenvalue weighted by Crippen LogP contribution is -2.54. The SMILES string of the molecule is CC(C)(C)OCCC(C)(C)N1CCOC(CC(C)(C)OCCN2CCCC2)C1. The van der Waals surface area contributed by atoms with Crippen LogP contribution in [0.4, 0.5) is 0 Å².